The second-order valence-electron chi connectivity index (χ2n) is 5.03. The molecule has 0 radical (unpaired) electrons. The van der Waals surface area contributed by atoms with Crippen molar-refractivity contribution < 1.29 is 0 Å². The third kappa shape index (κ3) is 3.90. The summed E-state index contributed by atoms with van der Waals surface area (Å²) in [4.78, 5) is 2.50. The third-order valence-corrected chi connectivity index (χ3v) is 3.59. The van der Waals surface area contributed by atoms with Crippen LogP contribution in [0.1, 0.15) is 31.7 Å². The van der Waals surface area contributed by atoms with E-state index in [1.807, 2.05) is 18.2 Å². The minimum atomic E-state index is 0.798. The Bertz CT molecular complexity index is 374. The highest BCUT2D eigenvalue weighted by Gasteiger charge is 2.24. The molecule has 94 valence electrons. The molecule has 1 aromatic carbocycles. The van der Waals surface area contributed by atoms with Crippen LogP contribution in [0.3, 0.4) is 0 Å². The van der Waals surface area contributed by atoms with E-state index in [0.29, 0.717) is 0 Å². The molecule has 2 N–H and O–H groups in total. The second kappa shape index (κ2) is 5.74. The third-order valence-electron chi connectivity index (χ3n) is 3.22. The number of halogens is 1. The number of rotatable bonds is 6. The van der Waals surface area contributed by atoms with Gasteiger partial charge in [-0.3, -0.25) is 4.90 Å². The molecule has 2 nitrogen and oxygen atoms in total. The Labute approximate surface area is 109 Å². The fourth-order valence-electron chi connectivity index (χ4n) is 2.17. The van der Waals surface area contributed by atoms with Gasteiger partial charge in [0.25, 0.3) is 0 Å². The predicted molar refractivity (Wildman–Crippen MR) is 74.2 cm³/mol. The second-order valence-corrected chi connectivity index (χ2v) is 5.44. The van der Waals surface area contributed by atoms with Crippen molar-refractivity contribution in [1.82, 2.24) is 4.90 Å². The molecule has 17 heavy (non-hydrogen) atoms. The smallest absolute Gasteiger partial charge is 0.0452 e. The fourth-order valence-corrected chi connectivity index (χ4v) is 2.35. The maximum absolute atomic E-state index is 6.21. The van der Waals surface area contributed by atoms with E-state index < -0.39 is 0 Å². The molecular weight excluding hydrogens is 232 g/mol. The molecule has 0 heterocycles. The predicted octanol–water partition coefficient (Wildman–Crippen LogP) is 3.54. The molecule has 3 heteroatoms. The zero-order valence-corrected chi connectivity index (χ0v) is 11.2. The number of nitrogens with zero attached hydrogens (tertiary/aromatic N) is 1. The number of anilines is 1. The van der Waals surface area contributed by atoms with E-state index >= 15 is 0 Å². The lowest BCUT2D eigenvalue weighted by atomic mass is 10.1. The first-order valence-corrected chi connectivity index (χ1v) is 6.83. The van der Waals surface area contributed by atoms with Crippen molar-refractivity contribution in [3.8, 4) is 0 Å². The Kier molecular flexibility index (Phi) is 4.30. The standard InChI is InChI=1S/C14H21ClN2/c1-2-7-17(9-11-3-4-11)10-12-8-13(16)5-6-14(12)15/h5-6,8,11H,2-4,7,9-10,16H2,1H3. The normalized spacial score (nSPS) is 15.5. The van der Waals surface area contributed by atoms with Crippen molar-refractivity contribution in [1.29, 1.82) is 0 Å². The Morgan fingerprint density at radius 3 is 2.82 bits per heavy atom. The van der Waals surface area contributed by atoms with Gasteiger partial charge in [-0.05, 0) is 55.5 Å². The van der Waals surface area contributed by atoms with Crippen LogP contribution in [0.4, 0.5) is 5.69 Å². The van der Waals surface area contributed by atoms with Crippen molar-refractivity contribution in [2.24, 2.45) is 5.92 Å². The van der Waals surface area contributed by atoms with E-state index in [-0.39, 0.29) is 0 Å². The van der Waals surface area contributed by atoms with Crippen molar-refractivity contribution in [3.63, 3.8) is 0 Å². The molecule has 0 spiro atoms. The Hall–Kier alpha value is -0.730. The number of nitrogen functional groups attached to an aromatic ring is 1. The number of nitrogens with two attached hydrogens (primary N) is 1. The summed E-state index contributed by atoms with van der Waals surface area (Å²) in [6.07, 6.45) is 3.97. The van der Waals surface area contributed by atoms with Gasteiger partial charge in [-0.25, -0.2) is 0 Å². The van der Waals surface area contributed by atoms with Crippen molar-refractivity contribution in [2.45, 2.75) is 32.7 Å². The monoisotopic (exact) mass is 252 g/mol. The highest BCUT2D eigenvalue weighted by Crippen LogP contribution is 2.31. The van der Waals surface area contributed by atoms with Crippen LogP contribution < -0.4 is 5.73 Å². The van der Waals surface area contributed by atoms with Gasteiger partial charge in [0, 0.05) is 23.8 Å². The van der Waals surface area contributed by atoms with Gasteiger partial charge in [0.05, 0.1) is 0 Å². The number of benzene rings is 1. The topological polar surface area (TPSA) is 29.3 Å². The molecule has 1 fully saturated rings. The van der Waals surface area contributed by atoms with Crippen LogP contribution >= 0.6 is 11.6 Å². The van der Waals surface area contributed by atoms with Crippen LogP contribution in [0.25, 0.3) is 0 Å². The largest absolute Gasteiger partial charge is 0.399 e. The maximum Gasteiger partial charge on any atom is 0.0452 e. The summed E-state index contributed by atoms with van der Waals surface area (Å²) in [6.45, 7) is 5.50. The lowest BCUT2D eigenvalue weighted by molar-refractivity contribution is 0.255. The van der Waals surface area contributed by atoms with Crippen LogP contribution in [0.2, 0.25) is 5.02 Å². The molecule has 1 saturated carbocycles. The molecule has 1 aromatic rings. The Morgan fingerprint density at radius 1 is 1.41 bits per heavy atom. The van der Waals surface area contributed by atoms with Crippen molar-refractivity contribution in [3.05, 3.63) is 28.8 Å². The summed E-state index contributed by atoms with van der Waals surface area (Å²) in [5.74, 6) is 0.918. The first kappa shape index (κ1) is 12.7. The van der Waals surface area contributed by atoms with E-state index in [2.05, 4.69) is 11.8 Å². The van der Waals surface area contributed by atoms with Gasteiger partial charge in [-0.2, -0.15) is 0 Å². The first-order chi connectivity index (χ1) is 8.19. The van der Waals surface area contributed by atoms with Gasteiger partial charge in [-0.15, -0.1) is 0 Å². The van der Waals surface area contributed by atoms with E-state index in [1.165, 1.54) is 25.8 Å². The molecule has 0 unspecified atom stereocenters. The minimum Gasteiger partial charge on any atom is -0.399 e. The molecule has 0 bridgehead atoms. The SMILES string of the molecule is CCCN(Cc1cc(N)ccc1Cl)CC1CC1. The van der Waals surface area contributed by atoms with Crippen LogP contribution in [0.15, 0.2) is 18.2 Å². The summed E-state index contributed by atoms with van der Waals surface area (Å²) in [5, 5.41) is 0.830. The molecule has 0 aromatic heterocycles. The summed E-state index contributed by atoms with van der Waals surface area (Å²) in [6, 6.07) is 5.75. The Morgan fingerprint density at radius 2 is 2.18 bits per heavy atom. The molecule has 2 rings (SSSR count). The van der Waals surface area contributed by atoms with E-state index in [9.17, 15) is 0 Å². The zero-order valence-electron chi connectivity index (χ0n) is 10.5. The van der Waals surface area contributed by atoms with Crippen LogP contribution in [0, 0.1) is 5.92 Å². The van der Waals surface area contributed by atoms with Gasteiger partial charge in [0.2, 0.25) is 0 Å². The summed E-state index contributed by atoms with van der Waals surface area (Å²) < 4.78 is 0. The van der Waals surface area contributed by atoms with Gasteiger partial charge < -0.3 is 5.73 Å². The lowest BCUT2D eigenvalue weighted by Gasteiger charge is -2.22. The molecular formula is C14H21ClN2. The number of hydrogen-bond donors (Lipinski definition) is 1. The average molecular weight is 253 g/mol. The average Bonchev–Trinajstić information content (AvgIpc) is 3.08. The van der Waals surface area contributed by atoms with Crippen molar-refractivity contribution in [2.75, 3.05) is 18.8 Å². The highest BCUT2D eigenvalue weighted by molar-refractivity contribution is 6.31. The van der Waals surface area contributed by atoms with Crippen LogP contribution in [0.5, 0.6) is 0 Å². The molecule has 0 atom stereocenters. The molecule has 1 aliphatic rings. The molecule has 1 aliphatic carbocycles. The fraction of sp³-hybridized carbons (Fsp3) is 0.571. The first-order valence-electron chi connectivity index (χ1n) is 6.45. The maximum atomic E-state index is 6.21. The van der Waals surface area contributed by atoms with E-state index in [1.54, 1.807) is 0 Å². The molecule has 0 amide bonds. The van der Waals surface area contributed by atoms with E-state index in [4.69, 9.17) is 17.3 Å². The minimum absolute atomic E-state index is 0.798. The van der Waals surface area contributed by atoms with Crippen LogP contribution in [-0.2, 0) is 6.54 Å². The van der Waals surface area contributed by atoms with Gasteiger partial charge in [-0.1, -0.05) is 18.5 Å². The Balaban J connectivity index is 2.01. The van der Waals surface area contributed by atoms with Gasteiger partial charge >= 0.3 is 0 Å². The van der Waals surface area contributed by atoms with Gasteiger partial charge in [0.15, 0.2) is 0 Å². The number of hydrogen-bond acceptors (Lipinski definition) is 2. The van der Waals surface area contributed by atoms with Crippen molar-refractivity contribution >= 4 is 17.3 Å². The summed E-state index contributed by atoms with van der Waals surface area (Å²) in [5.41, 5.74) is 7.77. The summed E-state index contributed by atoms with van der Waals surface area (Å²) >= 11 is 6.21. The molecule has 0 aliphatic heterocycles. The van der Waals surface area contributed by atoms with Crippen LogP contribution in [-0.4, -0.2) is 18.0 Å². The molecule has 0 saturated heterocycles. The lowest BCUT2D eigenvalue weighted by Crippen LogP contribution is -2.26. The zero-order chi connectivity index (χ0) is 12.3. The highest BCUT2D eigenvalue weighted by atomic mass is 35.5. The van der Waals surface area contributed by atoms with E-state index in [0.717, 1.165) is 35.3 Å². The summed E-state index contributed by atoms with van der Waals surface area (Å²) in [7, 11) is 0. The van der Waals surface area contributed by atoms with Gasteiger partial charge in [0.1, 0.15) is 0 Å². The quantitative estimate of drug-likeness (QED) is 0.785.